The molecular formula is C32H32N6O3S. The number of hydrogen-bond acceptors (Lipinski definition) is 9. The van der Waals surface area contributed by atoms with E-state index in [-0.39, 0.29) is 5.78 Å². The minimum atomic E-state index is -0.635. The van der Waals surface area contributed by atoms with Crippen LogP contribution in [-0.4, -0.2) is 44.7 Å². The zero-order valence-electron chi connectivity index (χ0n) is 24.3. The lowest BCUT2D eigenvalue weighted by Gasteiger charge is -2.21. The van der Waals surface area contributed by atoms with E-state index in [1.165, 1.54) is 0 Å². The van der Waals surface area contributed by atoms with E-state index in [0.29, 0.717) is 31.2 Å². The zero-order valence-corrected chi connectivity index (χ0v) is 25.1. The number of anilines is 2. The van der Waals surface area contributed by atoms with Crippen LogP contribution in [0.1, 0.15) is 46.0 Å². The van der Waals surface area contributed by atoms with Crippen molar-refractivity contribution in [2.24, 2.45) is 5.41 Å². The summed E-state index contributed by atoms with van der Waals surface area (Å²) in [6, 6.07) is 17.7. The minimum Gasteiger partial charge on any atom is -0.497 e. The molecule has 0 aliphatic heterocycles. The largest absolute Gasteiger partial charge is 0.497 e. The quantitative estimate of drug-likeness (QED) is 0.212. The smallest absolute Gasteiger partial charge is 0.232 e. The van der Waals surface area contributed by atoms with Crippen molar-refractivity contribution in [2.75, 3.05) is 19.1 Å². The molecule has 1 aliphatic rings. The summed E-state index contributed by atoms with van der Waals surface area (Å²) in [7, 11) is 3.31. The number of methoxy groups -OCH3 is 2. The molecule has 1 aliphatic carbocycles. The van der Waals surface area contributed by atoms with Crippen molar-refractivity contribution in [1.29, 1.82) is 0 Å². The predicted molar refractivity (Wildman–Crippen MR) is 163 cm³/mol. The van der Waals surface area contributed by atoms with E-state index in [1.807, 2.05) is 91.1 Å². The van der Waals surface area contributed by atoms with Crippen molar-refractivity contribution in [3.8, 4) is 22.8 Å². The Morgan fingerprint density at radius 1 is 0.929 bits per heavy atom. The van der Waals surface area contributed by atoms with Crippen LogP contribution in [0.3, 0.4) is 0 Å². The average molecular weight is 581 g/mol. The number of rotatable bonds is 8. The number of ketones is 1. The molecule has 0 N–H and O–H groups in total. The van der Waals surface area contributed by atoms with Gasteiger partial charge in [-0.1, -0.05) is 38.1 Å². The second-order valence-electron chi connectivity index (χ2n) is 11.0. The van der Waals surface area contributed by atoms with Crippen molar-refractivity contribution in [1.82, 2.24) is 24.7 Å². The number of aryl methyl sites for hydroxylation is 1. The monoisotopic (exact) mass is 580 g/mol. The van der Waals surface area contributed by atoms with Crippen LogP contribution in [0.4, 0.5) is 11.1 Å². The predicted octanol–water partition coefficient (Wildman–Crippen LogP) is 6.27. The summed E-state index contributed by atoms with van der Waals surface area (Å²) in [5.74, 6) is 2.18. The number of carbonyl (C=O) groups excluding carboxylic acids is 1. The van der Waals surface area contributed by atoms with Crippen LogP contribution >= 0.6 is 11.3 Å². The Kier molecular flexibility index (Phi) is 7.24. The SMILES string of the molecule is COc1ccc(CN(c2nccc(C)n2)c2nc3c(s2)CC(C)(C)C(=O)c2nn(Cc4ccc(OC)cc4)cc2-3)cc1. The molecular weight excluding hydrogens is 548 g/mol. The van der Waals surface area contributed by atoms with Crippen LogP contribution in [0.15, 0.2) is 67.0 Å². The Morgan fingerprint density at radius 2 is 1.60 bits per heavy atom. The summed E-state index contributed by atoms with van der Waals surface area (Å²) >= 11 is 1.58. The van der Waals surface area contributed by atoms with E-state index >= 15 is 0 Å². The fourth-order valence-electron chi connectivity index (χ4n) is 5.05. The molecule has 3 aromatic heterocycles. The molecule has 2 aromatic carbocycles. The fraction of sp³-hybridized carbons (Fsp3) is 0.281. The van der Waals surface area contributed by atoms with E-state index in [1.54, 1.807) is 31.8 Å². The molecule has 9 nitrogen and oxygen atoms in total. The Labute approximate surface area is 248 Å². The third-order valence-corrected chi connectivity index (χ3v) is 8.47. The van der Waals surface area contributed by atoms with Crippen LogP contribution in [0.2, 0.25) is 0 Å². The molecule has 0 atom stereocenters. The van der Waals surface area contributed by atoms with Gasteiger partial charge in [0.05, 0.1) is 38.6 Å². The van der Waals surface area contributed by atoms with Crippen molar-refractivity contribution in [3.05, 3.63) is 94.4 Å². The summed E-state index contributed by atoms with van der Waals surface area (Å²) in [6.07, 6.45) is 4.28. The van der Waals surface area contributed by atoms with Crippen LogP contribution in [-0.2, 0) is 19.5 Å². The Hall–Kier alpha value is -4.57. The Balaban J connectivity index is 1.42. The molecule has 0 fully saturated rings. The maximum absolute atomic E-state index is 13.7. The van der Waals surface area contributed by atoms with E-state index in [0.717, 1.165) is 49.6 Å². The van der Waals surface area contributed by atoms with Crippen LogP contribution in [0.5, 0.6) is 11.5 Å². The summed E-state index contributed by atoms with van der Waals surface area (Å²) in [4.78, 5) is 31.2. The molecule has 42 heavy (non-hydrogen) atoms. The minimum absolute atomic E-state index is 0.0230. The Morgan fingerprint density at radius 3 is 2.24 bits per heavy atom. The van der Waals surface area contributed by atoms with Gasteiger partial charge in [-0.05, 0) is 54.8 Å². The van der Waals surface area contributed by atoms with Crippen LogP contribution < -0.4 is 14.4 Å². The first-order valence-corrected chi connectivity index (χ1v) is 14.5. The molecule has 0 unspecified atom stereocenters. The number of thiazole rings is 1. The number of hydrogen-bond donors (Lipinski definition) is 0. The average Bonchev–Trinajstić information content (AvgIpc) is 3.58. The first-order chi connectivity index (χ1) is 20.2. The highest BCUT2D eigenvalue weighted by atomic mass is 32.1. The van der Waals surface area contributed by atoms with Crippen molar-refractivity contribution >= 4 is 28.2 Å². The van der Waals surface area contributed by atoms with Crippen molar-refractivity contribution in [3.63, 3.8) is 0 Å². The number of aromatic nitrogens is 5. The topological polar surface area (TPSA) is 95.3 Å². The lowest BCUT2D eigenvalue weighted by Crippen LogP contribution is -2.26. The van der Waals surface area contributed by atoms with E-state index in [4.69, 9.17) is 24.5 Å². The van der Waals surface area contributed by atoms with Crippen molar-refractivity contribution < 1.29 is 14.3 Å². The third kappa shape index (κ3) is 5.37. The highest BCUT2D eigenvalue weighted by Gasteiger charge is 2.39. The number of fused-ring (bicyclic) bond motifs is 3. The van der Waals surface area contributed by atoms with Gasteiger partial charge in [-0.2, -0.15) is 5.10 Å². The van der Waals surface area contributed by atoms with Gasteiger partial charge in [0.1, 0.15) is 17.2 Å². The van der Waals surface area contributed by atoms with Crippen LogP contribution in [0, 0.1) is 12.3 Å². The third-order valence-electron chi connectivity index (χ3n) is 7.39. The number of carbonyl (C=O) groups is 1. The molecule has 5 aromatic rings. The van der Waals surface area contributed by atoms with Crippen LogP contribution in [0.25, 0.3) is 11.3 Å². The molecule has 0 bridgehead atoms. The second-order valence-corrected chi connectivity index (χ2v) is 12.1. The second kappa shape index (κ2) is 11.0. The number of Topliss-reactive ketones (excluding diaryl/α,β-unsaturated/α-hetero) is 1. The van der Waals surface area contributed by atoms with Gasteiger partial charge in [-0.25, -0.2) is 15.0 Å². The Bertz CT molecular complexity index is 1740. The fourth-order valence-corrected chi connectivity index (χ4v) is 6.35. The molecule has 3 heterocycles. The molecule has 0 saturated heterocycles. The summed E-state index contributed by atoms with van der Waals surface area (Å²) < 4.78 is 12.5. The number of benzene rings is 2. The van der Waals surface area contributed by atoms with E-state index in [2.05, 4.69) is 4.98 Å². The number of ether oxygens (including phenoxy) is 2. The summed E-state index contributed by atoms with van der Waals surface area (Å²) in [6.45, 7) is 6.96. The van der Waals surface area contributed by atoms with Gasteiger partial charge in [0.25, 0.3) is 0 Å². The molecule has 10 heteroatoms. The first-order valence-electron chi connectivity index (χ1n) is 13.7. The van der Waals surface area contributed by atoms with Gasteiger partial charge in [-0.3, -0.25) is 14.4 Å². The van der Waals surface area contributed by atoms with Crippen molar-refractivity contribution in [2.45, 2.75) is 40.3 Å². The number of nitrogens with zero attached hydrogens (tertiary/aromatic N) is 6. The highest BCUT2D eigenvalue weighted by Crippen LogP contribution is 2.44. The van der Waals surface area contributed by atoms with E-state index < -0.39 is 5.41 Å². The normalized spacial score (nSPS) is 13.7. The standard InChI is InChI=1S/C32H32N6O3S/c1-20-14-15-33-30(34-20)38(18-22-8-12-24(41-5)13-9-22)31-35-27-25-19-37(17-21-6-10-23(40-4)11-7-21)36-28(25)29(39)32(2,3)16-26(27)42-31/h6-15,19H,16-18H2,1-5H3. The molecule has 0 radical (unpaired) electrons. The highest BCUT2D eigenvalue weighted by molar-refractivity contribution is 7.16. The molecule has 0 spiro atoms. The maximum Gasteiger partial charge on any atom is 0.232 e. The van der Waals surface area contributed by atoms with Gasteiger partial charge in [0.15, 0.2) is 10.9 Å². The molecule has 0 saturated carbocycles. The lowest BCUT2D eigenvalue weighted by atomic mass is 9.84. The lowest BCUT2D eigenvalue weighted by molar-refractivity contribution is 0.0835. The molecule has 6 rings (SSSR count). The van der Waals surface area contributed by atoms with Gasteiger partial charge in [-0.15, -0.1) is 11.3 Å². The van der Waals surface area contributed by atoms with Gasteiger partial charge in [0.2, 0.25) is 5.95 Å². The maximum atomic E-state index is 13.7. The van der Waals surface area contributed by atoms with Gasteiger partial charge >= 0.3 is 0 Å². The summed E-state index contributed by atoms with van der Waals surface area (Å²) in [5.41, 5.74) is 4.35. The molecule has 214 valence electrons. The van der Waals surface area contributed by atoms with Gasteiger partial charge < -0.3 is 9.47 Å². The molecule has 0 amide bonds. The first kappa shape index (κ1) is 27.6. The zero-order chi connectivity index (χ0) is 29.4. The summed E-state index contributed by atoms with van der Waals surface area (Å²) in [5, 5.41) is 5.55. The van der Waals surface area contributed by atoms with E-state index in [9.17, 15) is 4.79 Å². The van der Waals surface area contributed by atoms with Gasteiger partial charge in [0, 0.05) is 28.4 Å².